The van der Waals surface area contributed by atoms with Gasteiger partial charge in [-0.15, -0.1) is 0 Å². The molecule has 0 atom stereocenters. The van der Waals surface area contributed by atoms with Crippen LogP contribution < -0.4 is 9.64 Å². The number of amides is 1. The first-order chi connectivity index (χ1) is 9.26. The predicted molar refractivity (Wildman–Crippen MR) is 76.8 cm³/mol. The monoisotopic (exact) mass is 255 g/mol. The largest absolute Gasteiger partial charge is 0.497 e. The molecule has 2 aromatic carbocycles. The molecule has 0 N–H and O–H groups in total. The van der Waals surface area contributed by atoms with E-state index < -0.39 is 0 Å². The van der Waals surface area contributed by atoms with Crippen molar-refractivity contribution >= 4 is 11.6 Å². The molecule has 1 amide bonds. The number of nitrogens with zero attached hydrogens (tertiary/aromatic N) is 1. The number of carbonyl (C=O) groups excluding carboxylic acids is 1. The molecular weight excluding hydrogens is 238 g/mol. The van der Waals surface area contributed by atoms with Crippen LogP contribution in [0.4, 0.5) is 5.69 Å². The number of hydrogen-bond donors (Lipinski definition) is 0. The third kappa shape index (κ3) is 2.94. The van der Waals surface area contributed by atoms with Gasteiger partial charge in [-0.05, 0) is 31.2 Å². The van der Waals surface area contributed by atoms with Crippen molar-refractivity contribution in [2.45, 2.75) is 6.92 Å². The molecule has 0 radical (unpaired) electrons. The van der Waals surface area contributed by atoms with E-state index in [1.54, 1.807) is 12.0 Å². The second-order valence-corrected chi connectivity index (χ2v) is 4.12. The summed E-state index contributed by atoms with van der Waals surface area (Å²) in [5.74, 6) is 0.744. The van der Waals surface area contributed by atoms with Crippen molar-refractivity contribution in [2.24, 2.45) is 0 Å². The first-order valence-electron chi connectivity index (χ1n) is 6.27. The second kappa shape index (κ2) is 6.05. The Bertz CT molecular complexity index is 552. The Balaban J connectivity index is 2.31. The maximum atomic E-state index is 12.5. The Kier molecular flexibility index (Phi) is 4.18. The maximum absolute atomic E-state index is 12.5. The predicted octanol–water partition coefficient (Wildman–Crippen LogP) is 3.36. The lowest BCUT2D eigenvalue weighted by molar-refractivity contribution is 0.0988. The van der Waals surface area contributed by atoms with E-state index in [9.17, 15) is 4.79 Å². The standard InChI is InChI=1S/C16H17NO2/c1-3-17(14-10-7-11-15(12-14)19-2)16(18)13-8-5-4-6-9-13/h4-12H,3H2,1-2H3. The molecule has 0 aliphatic carbocycles. The van der Waals surface area contributed by atoms with Gasteiger partial charge in [0.25, 0.3) is 5.91 Å². The molecule has 2 aromatic rings. The summed E-state index contributed by atoms with van der Waals surface area (Å²) in [7, 11) is 1.62. The Morgan fingerprint density at radius 2 is 1.84 bits per heavy atom. The number of carbonyl (C=O) groups is 1. The van der Waals surface area contributed by atoms with Gasteiger partial charge in [0, 0.05) is 23.9 Å². The van der Waals surface area contributed by atoms with Gasteiger partial charge in [-0.2, -0.15) is 0 Å². The second-order valence-electron chi connectivity index (χ2n) is 4.12. The first-order valence-corrected chi connectivity index (χ1v) is 6.27. The van der Waals surface area contributed by atoms with Crippen LogP contribution in [0.15, 0.2) is 54.6 Å². The number of rotatable bonds is 4. The van der Waals surface area contributed by atoms with Gasteiger partial charge in [0.15, 0.2) is 0 Å². The van der Waals surface area contributed by atoms with Gasteiger partial charge in [-0.1, -0.05) is 24.3 Å². The highest BCUT2D eigenvalue weighted by Gasteiger charge is 2.15. The lowest BCUT2D eigenvalue weighted by Crippen LogP contribution is -2.30. The van der Waals surface area contributed by atoms with Crippen LogP contribution in [0.3, 0.4) is 0 Å². The Hall–Kier alpha value is -2.29. The number of ether oxygens (including phenoxy) is 1. The third-order valence-electron chi connectivity index (χ3n) is 2.95. The Morgan fingerprint density at radius 3 is 2.47 bits per heavy atom. The van der Waals surface area contributed by atoms with E-state index >= 15 is 0 Å². The van der Waals surface area contributed by atoms with Crippen molar-refractivity contribution < 1.29 is 9.53 Å². The molecule has 0 saturated carbocycles. The molecule has 3 nitrogen and oxygen atoms in total. The number of hydrogen-bond acceptors (Lipinski definition) is 2. The van der Waals surface area contributed by atoms with Gasteiger partial charge in [0.1, 0.15) is 5.75 Å². The highest BCUT2D eigenvalue weighted by atomic mass is 16.5. The summed E-state index contributed by atoms with van der Waals surface area (Å²) in [6, 6.07) is 16.8. The average Bonchev–Trinajstić information content (AvgIpc) is 2.49. The van der Waals surface area contributed by atoms with Crippen molar-refractivity contribution in [1.82, 2.24) is 0 Å². The summed E-state index contributed by atoms with van der Waals surface area (Å²) in [6.45, 7) is 2.57. The van der Waals surface area contributed by atoms with Gasteiger partial charge < -0.3 is 9.64 Å². The van der Waals surface area contributed by atoms with Crippen LogP contribution in [0.2, 0.25) is 0 Å². The fourth-order valence-electron chi connectivity index (χ4n) is 1.96. The van der Waals surface area contributed by atoms with E-state index in [0.29, 0.717) is 12.1 Å². The number of methoxy groups -OCH3 is 1. The molecule has 0 aromatic heterocycles. The van der Waals surface area contributed by atoms with Crippen molar-refractivity contribution in [3.63, 3.8) is 0 Å². The van der Waals surface area contributed by atoms with Crippen LogP contribution in [0.5, 0.6) is 5.75 Å². The Labute approximate surface area is 113 Å². The van der Waals surface area contributed by atoms with Gasteiger partial charge in [-0.3, -0.25) is 4.79 Å². The van der Waals surface area contributed by atoms with Crippen molar-refractivity contribution in [3.05, 3.63) is 60.2 Å². The molecule has 0 unspecified atom stereocenters. The molecular formula is C16H17NO2. The number of benzene rings is 2. The van der Waals surface area contributed by atoms with Crippen LogP contribution in [0, 0.1) is 0 Å². The van der Waals surface area contributed by atoms with E-state index in [0.717, 1.165) is 11.4 Å². The van der Waals surface area contributed by atoms with Gasteiger partial charge in [0.2, 0.25) is 0 Å². The molecule has 0 bridgehead atoms. The summed E-state index contributed by atoms with van der Waals surface area (Å²) in [6.07, 6.45) is 0. The Morgan fingerprint density at radius 1 is 1.11 bits per heavy atom. The van der Waals surface area contributed by atoms with E-state index in [1.807, 2.05) is 61.5 Å². The van der Waals surface area contributed by atoms with Gasteiger partial charge in [0.05, 0.1) is 7.11 Å². The smallest absolute Gasteiger partial charge is 0.258 e. The SMILES string of the molecule is CCN(C(=O)c1ccccc1)c1cccc(OC)c1. The average molecular weight is 255 g/mol. The topological polar surface area (TPSA) is 29.5 Å². The summed E-state index contributed by atoms with van der Waals surface area (Å²) >= 11 is 0. The van der Waals surface area contributed by atoms with E-state index in [4.69, 9.17) is 4.74 Å². The number of anilines is 1. The quantitative estimate of drug-likeness (QED) is 0.838. The van der Waals surface area contributed by atoms with Crippen LogP contribution in [0.1, 0.15) is 17.3 Å². The van der Waals surface area contributed by atoms with Crippen LogP contribution in [0.25, 0.3) is 0 Å². The minimum atomic E-state index is -0.00338. The van der Waals surface area contributed by atoms with Crippen LogP contribution >= 0.6 is 0 Å². The van der Waals surface area contributed by atoms with Crippen LogP contribution in [-0.4, -0.2) is 19.6 Å². The fraction of sp³-hybridized carbons (Fsp3) is 0.188. The lowest BCUT2D eigenvalue weighted by Gasteiger charge is -2.21. The molecule has 19 heavy (non-hydrogen) atoms. The molecule has 0 saturated heterocycles. The molecule has 3 heteroatoms. The van der Waals surface area contributed by atoms with Gasteiger partial charge in [-0.25, -0.2) is 0 Å². The maximum Gasteiger partial charge on any atom is 0.258 e. The summed E-state index contributed by atoms with van der Waals surface area (Å²) in [5.41, 5.74) is 1.53. The van der Waals surface area contributed by atoms with E-state index in [2.05, 4.69) is 0 Å². The zero-order chi connectivity index (χ0) is 13.7. The van der Waals surface area contributed by atoms with Crippen LogP contribution in [-0.2, 0) is 0 Å². The molecule has 0 fully saturated rings. The molecule has 98 valence electrons. The molecule has 0 aliphatic rings. The third-order valence-corrected chi connectivity index (χ3v) is 2.95. The van der Waals surface area contributed by atoms with Gasteiger partial charge >= 0.3 is 0 Å². The highest BCUT2D eigenvalue weighted by molar-refractivity contribution is 6.06. The minimum Gasteiger partial charge on any atom is -0.497 e. The molecule has 0 aliphatic heterocycles. The fourth-order valence-corrected chi connectivity index (χ4v) is 1.96. The van der Waals surface area contributed by atoms with E-state index in [1.165, 1.54) is 0 Å². The minimum absolute atomic E-state index is 0.00338. The summed E-state index contributed by atoms with van der Waals surface area (Å²) in [5, 5.41) is 0. The van der Waals surface area contributed by atoms with Crippen molar-refractivity contribution in [3.8, 4) is 5.75 Å². The van der Waals surface area contributed by atoms with Crippen molar-refractivity contribution in [1.29, 1.82) is 0 Å². The summed E-state index contributed by atoms with van der Waals surface area (Å²) in [4.78, 5) is 14.2. The molecule has 0 spiro atoms. The highest BCUT2D eigenvalue weighted by Crippen LogP contribution is 2.22. The van der Waals surface area contributed by atoms with Crippen molar-refractivity contribution in [2.75, 3.05) is 18.6 Å². The molecule has 2 rings (SSSR count). The lowest BCUT2D eigenvalue weighted by atomic mass is 10.2. The normalized spacial score (nSPS) is 10.0. The zero-order valence-electron chi connectivity index (χ0n) is 11.2. The molecule has 0 heterocycles. The summed E-state index contributed by atoms with van der Waals surface area (Å²) < 4.78 is 5.20. The first kappa shape index (κ1) is 13.1. The van der Waals surface area contributed by atoms with E-state index in [-0.39, 0.29) is 5.91 Å². The zero-order valence-corrected chi connectivity index (χ0v) is 11.2.